The lowest BCUT2D eigenvalue weighted by Crippen LogP contribution is -2.15. The van der Waals surface area contributed by atoms with Gasteiger partial charge >= 0.3 is 5.97 Å². The molecule has 0 fully saturated rings. The molecule has 0 atom stereocenters. The summed E-state index contributed by atoms with van der Waals surface area (Å²) in [7, 11) is -3.86. The van der Waals surface area contributed by atoms with Crippen molar-refractivity contribution in [2.75, 3.05) is 23.2 Å². The Morgan fingerprint density at radius 3 is 2.52 bits per heavy atom. The second-order valence-electron chi connectivity index (χ2n) is 5.07. The number of ether oxygens (including phenoxy) is 1. The van der Waals surface area contributed by atoms with Gasteiger partial charge in [-0.05, 0) is 50.2 Å². The number of sulfonamides is 1. The number of carbonyl (C=O) groups is 1. The van der Waals surface area contributed by atoms with Gasteiger partial charge in [0.1, 0.15) is 0 Å². The van der Waals surface area contributed by atoms with E-state index in [1.54, 1.807) is 31.2 Å². The zero-order valence-electron chi connectivity index (χ0n) is 13.9. The van der Waals surface area contributed by atoms with Crippen LogP contribution in [-0.4, -0.2) is 27.5 Å². The van der Waals surface area contributed by atoms with Crippen molar-refractivity contribution in [3.63, 3.8) is 0 Å². The first-order valence-electron chi connectivity index (χ1n) is 7.70. The molecule has 6 nitrogen and oxygen atoms in total. The van der Waals surface area contributed by atoms with Crippen molar-refractivity contribution < 1.29 is 17.9 Å². The van der Waals surface area contributed by atoms with Crippen molar-refractivity contribution >= 4 is 39.0 Å². The zero-order valence-corrected chi connectivity index (χ0v) is 15.4. The van der Waals surface area contributed by atoms with Crippen LogP contribution in [0.15, 0.2) is 47.4 Å². The highest BCUT2D eigenvalue weighted by atomic mass is 35.5. The first-order valence-corrected chi connectivity index (χ1v) is 9.57. The number of rotatable bonds is 7. The maximum Gasteiger partial charge on any atom is 0.338 e. The minimum absolute atomic E-state index is 0.0315. The number of esters is 1. The van der Waals surface area contributed by atoms with Gasteiger partial charge in [-0.15, -0.1) is 0 Å². The number of halogens is 1. The normalized spacial score (nSPS) is 11.0. The van der Waals surface area contributed by atoms with Crippen molar-refractivity contribution in [2.24, 2.45) is 0 Å². The van der Waals surface area contributed by atoms with Gasteiger partial charge < -0.3 is 10.1 Å². The molecule has 0 aliphatic rings. The summed E-state index contributed by atoms with van der Waals surface area (Å²) >= 11 is 5.87. The van der Waals surface area contributed by atoms with Gasteiger partial charge in [-0.3, -0.25) is 4.72 Å². The van der Waals surface area contributed by atoms with E-state index >= 15 is 0 Å². The molecule has 0 spiro atoms. The molecule has 0 aromatic heterocycles. The highest BCUT2D eigenvalue weighted by Gasteiger charge is 2.18. The highest BCUT2D eigenvalue weighted by Crippen LogP contribution is 2.27. The third-order valence-corrected chi connectivity index (χ3v) is 4.85. The molecule has 0 aliphatic carbocycles. The summed E-state index contributed by atoms with van der Waals surface area (Å²) in [5.41, 5.74) is 1.07. The van der Waals surface area contributed by atoms with E-state index in [9.17, 15) is 13.2 Å². The number of carbonyl (C=O) groups excluding carboxylic acids is 1. The van der Waals surface area contributed by atoms with Gasteiger partial charge in [-0.1, -0.05) is 17.7 Å². The van der Waals surface area contributed by atoms with Gasteiger partial charge in [0.05, 0.1) is 28.4 Å². The van der Waals surface area contributed by atoms with Crippen LogP contribution in [0, 0.1) is 0 Å². The van der Waals surface area contributed by atoms with Gasteiger partial charge in [-0.25, -0.2) is 13.2 Å². The van der Waals surface area contributed by atoms with Gasteiger partial charge in [0, 0.05) is 11.6 Å². The van der Waals surface area contributed by atoms with E-state index in [0.717, 1.165) is 0 Å². The van der Waals surface area contributed by atoms with Gasteiger partial charge in [0.2, 0.25) is 0 Å². The van der Waals surface area contributed by atoms with E-state index in [1.807, 2.05) is 6.92 Å². The fraction of sp³-hybridized carbons (Fsp3) is 0.235. The summed E-state index contributed by atoms with van der Waals surface area (Å²) in [6, 6.07) is 10.6. The summed E-state index contributed by atoms with van der Waals surface area (Å²) in [5.74, 6) is -0.520. The summed E-state index contributed by atoms with van der Waals surface area (Å²) in [4.78, 5) is 11.9. The first-order chi connectivity index (χ1) is 11.9. The lowest BCUT2D eigenvalue weighted by molar-refractivity contribution is 0.0526. The Morgan fingerprint density at radius 1 is 1.12 bits per heavy atom. The molecule has 2 aromatic carbocycles. The Kier molecular flexibility index (Phi) is 6.27. The van der Waals surface area contributed by atoms with Crippen LogP contribution in [0.2, 0.25) is 5.02 Å². The lowest BCUT2D eigenvalue weighted by atomic mass is 10.1. The van der Waals surface area contributed by atoms with E-state index in [0.29, 0.717) is 17.3 Å². The Labute approximate surface area is 152 Å². The topological polar surface area (TPSA) is 84.5 Å². The van der Waals surface area contributed by atoms with Crippen LogP contribution in [0.25, 0.3) is 0 Å². The van der Waals surface area contributed by atoms with Crippen LogP contribution in [-0.2, 0) is 14.8 Å². The predicted molar refractivity (Wildman–Crippen MR) is 98.8 cm³/mol. The molecule has 0 saturated carbocycles. The molecule has 8 heteroatoms. The molecule has 134 valence electrons. The zero-order chi connectivity index (χ0) is 18.4. The Bertz CT molecular complexity index is 869. The van der Waals surface area contributed by atoms with Crippen molar-refractivity contribution in [3.8, 4) is 0 Å². The second kappa shape index (κ2) is 8.22. The fourth-order valence-corrected chi connectivity index (χ4v) is 3.52. The van der Waals surface area contributed by atoms with Crippen LogP contribution < -0.4 is 10.0 Å². The molecule has 0 radical (unpaired) electrons. The predicted octanol–water partition coefficient (Wildman–Crippen LogP) is 3.75. The van der Waals surface area contributed by atoms with Gasteiger partial charge in [0.15, 0.2) is 0 Å². The van der Waals surface area contributed by atoms with Crippen molar-refractivity contribution in [2.45, 2.75) is 18.7 Å². The summed E-state index contributed by atoms with van der Waals surface area (Å²) in [6.45, 7) is 4.41. The maximum atomic E-state index is 12.6. The molecule has 2 aromatic rings. The van der Waals surface area contributed by atoms with E-state index < -0.39 is 16.0 Å². The third kappa shape index (κ3) is 4.87. The van der Waals surface area contributed by atoms with Crippen LogP contribution in [0.3, 0.4) is 0 Å². The fourth-order valence-electron chi connectivity index (χ4n) is 2.15. The first kappa shape index (κ1) is 19.1. The van der Waals surface area contributed by atoms with E-state index in [1.165, 1.54) is 18.2 Å². The Hall–Kier alpha value is -2.25. The van der Waals surface area contributed by atoms with Gasteiger partial charge in [-0.2, -0.15) is 0 Å². The van der Waals surface area contributed by atoms with Crippen molar-refractivity contribution in [1.82, 2.24) is 0 Å². The SMILES string of the molecule is CCNc1ccc(C(=O)OCC)cc1NS(=O)(=O)c1cccc(Cl)c1. The number of hydrogen-bond acceptors (Lipinski definition) is 5. The molecule has 0 aliphatic heterocycles. The molecule has 0 amide bonds. The minimum atomic E-state index is -3.86. The second-order valence-corrected chi connectivity index (χ2v) is 7.19. The van der Waals surface area contributed by atoms with Crippen LogP contribution in [0.5, 0.6) is 0 Å². The number of nitrogens with one attached hydrogen (secondary N) is 2. The molecule has 0 unspecified atom stereocenters. The Morgan fingerprint density at radius 2 is 1.88 bits per heavy atom. The van der Waals surface area contributed by atoms with E-state index in [-0.39, 0.29) is 22.8 Å². The molecule has 0 heterocycles. The van der Waals surface area contributed by atoms with Gasteiger partial charge in [0.25, 0.3) is 10.0 Å². The standard InChI is InChI=1S/C17H19ClN2O4S/c1-3-19-15-9-8-12(17(21)24-4-2)10-16(15)20-25(22,23)14-7-5-6-13(18)11-14/h5-11,19-20H,3-4H2,1-2H3. The summed E-state index contributed by atoms with van der Waals surface area (Å²) in [6.07, 6.45) is 0. The minimum Gasteiger partial charge on any atom is -0.462 e. The average molecular weight is 383 g/mol. The number of benzene rings is 2. The monoisotopic (exact) mass is 382 g/mol. The summed E-state index contributed by atoms with van der Waals surface area (Å²) < 4.78 is 32.7. The van der Waals surface area contributed by atoms with Crippen LogP contribution >= 0.6 is 11.6 Å². The maximum absolute atomic E-state index is 12.6. The Balaban J connectivity index is 2.41. The van der Waals surface area contributed by atoms with E-state index in [2.05, 4.69) is 10.0 Å². The molecule has 2 N–H and O–H groups in total. The van der Waals surface area contributed by atoms with Crippen LogP contribution in [0.4, 0.5) is 11.4 Å². The third-order valence-electron chi connectivity index (χ3n) is 3.25. The van der Waals surface area contributed by atoms with E-state index in [4.69, 9.17) is 16.3 Å². The molecular formula is C17H19ClN2O4S. The molecule has 0 saturated heterocycles. The summed E-state index contributed by atoms with van der Waals surface area (Å²) in [5, 5.41) is 3.37. The number of anilines is 2. The van der Waals surface area contributed by atoms with Crippen molar-refractivity contribution in [3.05, 3.63) is 53.1 Å². The quantitative estimate of drug-likeness (QED) is 0.712. The lowest BCUT2D eigenvalue weighted by Gasteiger charge is -2.15. The van der Waals surface area contributed by atoms with Crippen molar-refractivity contribution in [1.29, 1.82) is 0 Å². The molecule has 0 bridgehead atoms. The molecular weight excluding hydrogens is 364 g/mol. The average Bonchev–Trinajstić information content (AvgIpc) is 2.56. The molecule has 25 heavy (non-hydrogen) atoms. The number of hydrogen-bond donors (Lipinski definition) is 2. The van der Waals surface area contributed by atoms with Crippen LogP contribution in [0.1, 0.15) is 24.2 Å². The smallest absolute Gasteiger partial charge is 0.338 e. The highest BCUT2D eigenvalue weighted by molar-refractivity contribution is 7.92. The largest absolute Gasteiger partial charge is 0.462 e. The molecule has 2 rings (SSSR count).